The van der Waals surface area contributed by atoms with Crippen molar-refractivity contribution in [2.75, 3.05) is 0 Å². The number of rotatable bonds is 4. The van der Waals surface area contributed by atoms with Crippen LogP contribution in [0.25, 0.3) is 0 Å². The van der Waals surface area contributed by atoms with Crippen LogP contribution in [0, 0.1) is 0 Å². The normalized spacial score (nSPS) is 17.0. The van der Waals surface area contributed by atoms with Gasteiger partial charge >= 0.3 is 0 Å². The van der Waals surface area contributed by atoms with Gasteiger partial charge in [-0.1, -0.05) is 6.92 Å². The molecular formula is C17H17NO3. The quantitative estimate of drug-likeness (QED) is 0.862. The number of aromatic nitrogens is 1. The molecule has 4 nitrogen and oxygen atoms in total. The first-order valence-corrected chi connectivity index (χ1v) is 7.12. The molecule has 21 heavy (non-hydrogen) atoms. The smallest absolute Gasteiger partial charge is 0.170 e. The number of pyridine rings is 1. The number of nitrogens with zero attached hydrogens (tertiary/aromatic N) is 1. The molecule has 1 aromatic heterocycles. The molecule has 1 aliphatic rings. The molecule has 4 heteroatoms. The maximum Gasteiger partial charge on any atom is 0.170 e. The van der Waals surface area contributed by atoms with E-state index in [4.69, 9.17) is 9.47 Å². The minimum Gasteiger partial charge on any atom is -0.489 e. The zero-order valence-electron chi connectivity index (χ0n) is 11.9. The van der Waals surface area contributed by atoms with E-state index in [-0.39, 0.29) is 11.9 Å². The molecule has 1 aromatic carbocycles. The van der Waals surface area contributed by atoms with Gasteiger partial charge in [0.2, 0.25) is 0 Å². The molecule has 0 radical (unpaired) electrons. The number of carbonyl (C=O) groups is 1. The van der Waals surface area contributed by atoms with Crippen molar-refractivity contribution in [1.29, 1.82) is 0 Å². The van der Waals surface area contributed by atoms with Crippen molar-refractivity contribution in [1.82, 2.24) is 4.98 Å². The fourth-order valence-corrected chi connectivity index (χ4v) is 2.33. The molecule has 108 valence electrons. The predicted octanol–water partition coefficient (Wildman–Crippen LogP) is 3.40. The van der Waals surface area contributed by atoms with Gasteiger partial charge in [0.05, 0.1) is 5.56 Å². The third-order valence-corrected chi connectivity index (χ3v) is 3.57. The van der Waals surface area contributed by atoms with Crippen molar-refractivity contribution in [2.24, 2.45) is 0 Å². The maximum absolute atomic E-state index is 12.0. The van der Waals surface area contributed by atoms with Gasteiger partial charge in [0.15, 0.2) is 5.78 Å². The number of fused-ring (bicyclic) bond motifs is 1. The molecule has 1 atom stereocenters. The number of hydrogen-bond donors (Lipinski definition) is 0. The number of ketones is 1. The van der Waals surface area contributed by atoms with Gasteiger partial charge in [0.25, 0.3) is 0 Å². The molecular weight excluding hydrogens is 266 g/mol. The summed E-state index contributed by atoms with van der Waals surface area (Å²) in [5, 5.41) is 0. The summed E-state index contributed by atoms with van der Waals surface area (Å²) in [5.74, 6) is 1.48. The van der Waals surface area contributed by atoms with E-state index in [9.17, 15) is 4.79 Å². The Kier molecular flexibility index (Phi) is 3.86. The number of ether oxygens (including phenoxy) is 2. The Balaban J connectivity index is 1.75. The lowest BCUT2D eigenvalue weighted by atomic mass is 9.99. The van der Waals surface area contributed by atoms with Crippen LogP contribution in [0.3, 0.4) is 0 Å². The molecule has 1 unspecified atom stereocenters. The van der Waals surface area contributed by atoms with Crippen LogP contribution in [0.1, 0.15) is 35.7 Å². The van der Waals surface area contributed by atoms with Gasteiger partial charge in [-0.15, -0.1) is 0 Å². The summed E-state index contributed by atoms with van der Waals surface area (Å²) in [6.07, 6.45) is 4.73. The lowest BCUT2D eigenvalue weighted by Crippen LogP contribution is -2.26. The van der Waals surface area contributed by atoms with Crippen LogP contribution >= 0.6 is 0 Å². The fourth-order valence-electron chi connectivity index (χ4n) is 2.33. The minimum absolute atomic E-state index is 0.0274. The first kappa shape index (κ1) is 13.6. The Morgan fingerprint density at radius 2 is 2.10 bits per heavy atom. The average Bonchev–Trinajstić information content (AvgIpc) is 2.53. The zero-order chi connectivity index (χ0) is 14.7. The van der Waals surface area contributed by atoms with E-state index in [1.807, 2.05) is 25.1 Å². The summed E-state index contributed by atoms with van der Waals surface area (Å²) in [5.41, 5.74) is 1.70. The third-order valence-electron chi connectivity index (χ3n) is 3.57. The highest BCUT2D eigenvalue weighted by Crippen LogP contribution is 2.32. The van der Waals surface area contributed by atoms with Gasteiger partial charge < -0.3 is 9.47 Å². The van der Waals surface area contributed by atoms with Crippen LogP contribution in [0.15, 0.2) is 42.7 Å². The van der Waals surface area contributed by atoms with E-state index in [2.05, 4.69) is 4.98 Å². The van der Waals surface area contributed by atoms with Crippen LogP contribution in [-0.4, -0.2) is 16.9 Å². The molecule has 3 rings (SSSR count). The SMILES string of the molecule is CCC1CC(=O)c2ccc(OCc3ccncc3)cc2O1. The van der Waals surface area contributed by atoms with Crippen molar-refractivity contribution >= 4 is 5.78 Å². The summed E-state index contributed by atoms with van der Waals surface area (Å²) >= 11 is 0. The Hall–Kier alpha value is -2.36. The zero-order valence-corrected chi connectivity index (χ0v) is 11.9. The lowest BCUT2D eigenvalue weighted by molar-refractivity contribution is 0.0845. The standard InChI is InChI=1S/C17H17NO3/c1-2-13-9-16(19)15-4-3-14(10-17(15)21-13)20-11-12-5-7-18-8-6-12/h3-8,10,13H,2,9,11H2,1H3. The van der Waals surface area contributed by atoms with Crippen LogP contribution in [-0.2, 0) is 6.61 Å². The average molecular weight is 283 g/mol. The number of benzene rings is 1. The third kappa shape index (κ3) is 3.05. The van der Waals surface area contributed by atoms with Gasteiger partial charge in [-0.05, 0) is 36.2 Å². The van der Waals surface area contributed by atoms with Gasteiger partial charge in [-0.3, -0.25) is 9.78 Å². The summed E-state index contributed by atoms with van der Waals surface area (Å²) in [7, 11) is 0. The summed E-state index contributed by atoms with van der Waals surface area (Å²) < 4.78 is 11.6. The topological polar surface area (TPSA) is 48.4 Å². The fraction of sp³-hybridized carbons (Fsp3) is 0.294. The van der Waals surface area contributed by atoms with Crippen LogP contribution in [0.4, 0.5) is 0 Å². The number of carbonyl (C=O) groups excluding carboxylic acids is 1. The van der Waals surface area contributed by atoms with E-state index in [0.29, 0.717) is 30.1 Å². The summed E-state index contributed by atoms with van der Waals surface area (Å²) in [6, 6.07) is 9.21. The molecule has 1 aliphatic heterocycles. The van der Waals surface area contributed by atoms with Gasteiger partial charge in [0, 0.05) is 24.9 Å². The largest absolute Gasteiger partial charge is 0.489 e. The highest BCUT2D eigenvalue weighted by Gasteiger charge is 2.25. The summed E-state index contributed by atoms with van der Waals surface area (Å²) in [4.78, 5) is 16.0. The van der Waals surface area contributed by atoms with Gasteiger partial charge in [-0.2, -0.15) is 0 Å². The van der Waals surface area contributed by atoms with Crippen molar-refractivity contribution in [3.05, 3.63) is 53.9 Å². The molecule has 0 spiro atoms. The molecule has 0 saturated carbocycles. The second-order valence-corrected chi connectivity index (χ2v) is 5.08. The molecule has 0 N–H and O–H groups in total. The number of Topliss-reactive ketones (excluding diaryl/α,β-unsaturated/α-hetero) is 1. The maximum atomic E-state index is 12.0. The second kappa shape index (κ2) is 5.95. The first-order valence-electron chi connectivity index (χ1n) is 7.12. The van der Waals surface area contributed by atoms with Crippen molar-refractivity contribution in [3.63, 3.8) is 0 Å². The van der Waals surface area contributed by atoms with Crippen LogP contribution in [0.2, 0.25) is 0 Å². The second-order valence-electron chi connectivity index (χ2n) is 5.08. The molecule has 2 aromatic rings. The Bertz CT molecular complexity index is 640. The highest BCUT2D eigenvalue weighted by atomic mass is 16.5. The summed E-state index contributed by atoms with van der Waals surface area (Å²) in [6.45, 7) is 2.49. The number of hydrogen-bond acceptors (Lipinski definition) is 4. The molecule has 2 heterocycles. The van der Waals surface area contributed by atoms with E-state index < -0.39 is 0 Å². The van der Waals surface area contributed by atoms with E-state index in [1.165, 1.54) is 0 Å². The first-order chi connectivity index (χ1) is 10.3. The van der Waals surface area contributed by atoms with E-state index in [0.717, 1.165) is 12.0 Å². The highest BCUT2D eigenvalue weighted by molar-refractivity contribution is 6.00. The Morgan fingerprint density at radius 3 is 2.86 bits per heavy atom. The lowest BCUT2D eigenvalue weighted by Gasteiger charge is -2.24. The van der Waals surface area contributed by atoms with Crippen LogP contribution in [0.5, 0.6) is 11.5 Å². The molecule has 0 bridgehead atoms. The van der Waals surface area contributed by atoms with Crippen molar-refractivity contribution < 1.29 is 14.3 Å². The molecule has 0 saturated heterocycles. The predicted molar refractivity (Wildman–Crippen MR) is 78.7 cm³/mol. The van der Waals surface area contributed by atoms with Crippen LogP contribution < -0.4 is 9.47 Å². The Labute approximate surface area is 123 Å². The van der Waals surface area contributed by atoms with Crippen molar-refractivity contribution in [2.45, 2.75) is 32.5 Å². The molecule has 0 fully saturated rings. The van der Waals surface area contributed by atoms with E-state index in [1.54, 1.807) is 24.5 Å². The van der Waals surface area contributed by atoms with E-state index >= 15 is 0 Å². The van der Waals surface area contributed by atoms with Gasteiger partial charge in [-0.25, -0.2) is 0 Å². The van der Waals surface area contributed by atoms with Gasteiger partial charge in [0.1, 0.15) is 24.2 Å². The Morgan fingerprint density at radius 1 is 1.29 bits per heavy atom. The van der Waals surface area contributed by atoms with Crippen molar-refractivity contribution in [3.8, 4) is 11.5 Å². The minimum atomic E-state index is -0.0274. The molecule has 0 amide bonds. The molecule has 0 aliphatic carbocycles. The monoisotopic (exact) mass is 283 g/mol.